The molecule has 0 fully saturated rings. The lowest BCUT2D eigenvalue weighted by molar-refractivity contribution is -0.113. The van der Waals surface area contributed by atoms with Crippen molar-refractivity contribution in [3.05, 3.63) is 94.5 Å². The molecule has 0 unspecified atom stereocenters. The maximum Gasteiger partial charge on any atom is 0.291 e. The van der Waals surface area contributed by atoms with Crippen LogP contribution in [-0.2, 0) is 4.79 Å². The molecule has 2 aromatic carbocycles. The van der Waals surface area contributed by atoms with Crippen LogP contribution < -0.4 is 10.6 Å². The number of amides is 2. The van der Waals surface area contributed by atoms with Gasteiger partial charge in [-0.05, 0) is 51.8 Å². The number of carbonyl (C=O) groups is 2. The number of nitrogens with one attached hydrogen (secondary N) is 2. The quantitative estimate of drug-likeness (QED) is 0.610. The average Bonchev–Trinajstić information content (AvgIpc) is 3.09. The van der Waals surface area contributed by atoms with Gasteiger partial charge in [0.2, 0.25) is 0 Å². The van der Waals surface area contributed by atoms with Gasteiger partial charge in [-0.1, -0.05) is 48.5 Å². The maximum absolute atomic E-state index is 12.7. The van der Waals surface area contributed by atoms with Gasteiger partial charge >= 0.3 is 0 Å². The van der Waals surface area contributed by atoms with Crippen molar-refractivity contribution in [1.29, 1.82) is 0 Å². The van der Waals surface area contributed by atoms with Gasteiger partial charge in [-0.2, -0.15) is 0 Å². The highest BCUT2D eigenvalue weighted by molar-refractivity contribution is 9.10. The third kappa shape index (κ3) is 4.70. The summed E-state index contributed by atoms with van der Waals surface area (Å²) in [5.41, 5.74) is 1.52. The molecule has 3 rings (SSSR count). The molecule has 2 amide bonds. The Hall–Kier alpha value is -3.12. The van der Waals surface area contributed by atoms with Crippen molar-refractivity contribution in [1.82, 2.24) is 5.32 Å². The fourth-order valence-corrected chi connectivity index (χ4v) is 2.52. The number of hydrogen-bond acceptors (Lipinski definition) is 3. The van der Waals surface area contributed by atoms with Gasteiger partial charge in [0.25, 0.3) is 11.8 Å². The minimum Gasteiger partial charge on any atom is -0.444 e. The summed E-state index contributed by atoms with van der Waals surface area (Å²) < 4.78 is 5.68. The van der Waals surface area contributed by atoms with Crippen LogP contribution in [0.2, 0.25) is 0 Å². The molecule has 0 spiro atoms. The lowest BCUT2D eigenvalue weighted by atomic mass is 10.2. The van der Waals surface area contributed by atoms with Crippen molar-refractivity contribution in [2.45, 2.75) is 0 Å². The van der Waals surface area contributed by atoms with Crippen molar-refractivity contribution in [2.75, 3.05) is 5.32 Å². The summed E-state index contributed by atoms with van der Waals surface area (Å²) in [6.45, 7) is 0. The van der Waals surface area contributed by atoms with Gasteiger partial charge in [0.1, 0.15) is 5.70 Å². The molecule has 0 aliphatic rings. The summed E-state index contributed by atoms with van der Waals surface area (Å²) in [5, 5.41) is 5.37. The molecule has 0 saturated heterocycles. The Labute approximate surface area is 158 Å². The van der Waals surface area contributed by atoms with E-state index >= 15 is 0 Å². The number of para-hydroxylation sites is 1. The van der Waals surface area contributed by atoms with Crippen LogP contribution >= 0.6 is 15.9 Å². The van der Waals surface area contributed by atoms with E-state index in [0.29, 0.717) is 10.4 Å². The lowest BCUT2D eigenvalue weighted by Gasteiger charge is -2.10. The number of anilines is 1. The molecule has 5 nitrogen and oxygen atoms in total. The first-order valence-corrected chi connectivity index (χ1v) is 8.61. The molecule has 0 aliphatic carbocycles. The first-order valence-electron chi connectivity index (χ1n) is 7.81. The van der Waals surface area contributed by atoms with Gasteiger partial charge in [-0.15, -0.1) is 0 Å². The van der Waals surface area contributed by atoms with Crippen molar-refractivity contribution in [3.8, 4) is 0 Å². The molecule has 0 atom stereocenters. The molecular formula is C20H15BrN2O3. The van der Waals surface area contributed by atoms with Gasteiger partial charge in [0.05, 0.1) is 0 Å². The minimum atomic E-state index is -0.513. The van der Waals surface area contributed by atoms with Gasteiger partial charge in [-0.3, -0.25) is 9.59 Å². The Bertz CT molecular complexity index is 934. The molecule has 1 heterocycles. The van der Waals surface area contributed by atoms with Gasteiger partial charge in [-0.25, -0.2) is 0 Å². The monoisotopic (exact) mass is 410 g/mol. The minimum absolute atomic E-state index is 0.100. The second-order valence-electron chi connectivity index (χ2n) is 5.35. The standard InChI is InChI=1S/C20H15BrN2O3/c21-18-12-11-17(26-18)20(25)23-16(13-14-7-3-1-4-8-14)19(24)22-15-9-5-2-6-10-15/h1-13H,(H,22,24)(H,23,25)/b16-13-. The van der Waals surface area contributed by atoms with E-state index in [9.17, 15) is 9.59 Å². The molecule has 0 radical (unpaired) electrons. The fourth-order valence-electron chi connectivity index (χ4n) is 2.21. The van der Waals surface area contributed by atoms with Crippen LogP contribution in [0.1, 0.15) is 16.1 Å². The predicted molar refractivity (Wildman–Crippen MR) is 103 cm³/mol. The average molecular weight is 411 g/mol. The van der Waals surface area contributed by atoms with E-state index in [2.05, 4.69) is 26.6 Å². The van der Waals surface area contributed by atoms with E-state index in [1.165, 1.54) is 6.07 Å². The summed E-state index contributed by atoms with van der Waals surface area (Å²) in [4.78, 5) is 25.0. The van der Waals surface area contributed by atoms with Crippen molar-refractivity contribution >= 4 is 39.5 Å². The smallest absolute Gasteiger partial charge is 0.291 e. The molecule has 130 valence electrons. The second-order valence-corrected chi connectivity index (χ2v) is 6.13. The maximum atomic E-state index is 12.7. The van der Waals surface area contributed by atoms with E-state index in [-0.39, 0.29) is 11.5 Å². The molecular weight excluding hydrogens is 396 g/mol. The summed E-state index contributed by atoms with van der Waals surface area (Å²) in [7, 11) is 0. The third-order valence-electron chi connectivity index (χ3n) is 3.43. The Morgan fingerprint density at radius 3 is 2.15 bits per heavy atom. The van der Waals surface area contributed by atoms with Crippen LogP contribution in [-0.4, -0.2) is 11.8 Å². The zero-order chi connectivity index (χ0) is 18.4. The van der Waals surface area contributed by atoms with Crippen molar-refractivity contribution in [3.63, 3.8) is 0 Å². The molecule has 1 aromatic heterocycles. The van der Waals surface area contributed by atoms with Crippen LogP contribution in [0.4, 0.5) is 5.69 Å². The largest absolute Gasteiger partial charge is 0.444 e. The highest BCUT2D eigenvalue weighted by atomic mass is 79.9. The summed E-state index contributed by atoms with van der Waals surface area (Å²) in [6.07, 6.45) is 1.61. The second kappa shape index (κ2) is 8.31. The summed E-state index contributed by atoms with van der Waals surface area (Å²) >= 11 is 3.15. The molecule has 2 N–H and O–H groups in total. The van der Waals surface area contributed by atoms with Gasteiger partial charge in [0.15, 0.2) is 10.4 Å². The number of benzene rings is 2. The molecule has 3 aromatic rings. The normalized spacial score (nSPS) is 11.0. The number of carbonyl (C=O) groups excluding carboxylic acids is 2. The first kappa shape index (κ1) is 17.7. The Morgan fingerprint density at radius 1 is 0.885 bits per heavy atom. The van der Waals surface area contributed by atoms with Crippen LogP contribution in [0, 0.1) is 0 Å². The van der Waals surface area contributed by atoms with E-state index < -0.39 is 11.8 Å². The van der Waals surface area contributed by atoms with E-state index in [1.807, 2.05) is 48.5 Å². The number of rotatable bonds is 5. The summed E-state index contributed by atoms with van der Waals surface area (Å²) in [5.74, 6) is -0.844. The number of hydrogen-bond donors (Lipinski definition) is 2. The Balaban J connectivity index is 1.85. The third-order valence-corrected chi connectivity index (χ3v) is 3.86. The molecule has 0 bridgehead atoms. The van der Waals surface area contributed by atoms with Crippen LogP contribution in [0.15, 0.2) is 87.6 Å². The van der Waals surface area contributed by atoms with E-state index in [1.54, 1.807) is 24.3 Å². The van der Waals surface area contributed by atoms with Crippen LogP contribution in [0.5, 0.6) is 0 Å². The fraction of sp³-hybridized carbons (Fsp3) is 0. The van der Waals surface area contributed by atoms with Crippen LogP contribution in [0.3, 0.4) is 0 Å². The van der Waals surface area contributed by atoms with Crippen LogP contribution in [0.25, 0.3) is 6.08 Å². The Morgan fingerprint density at radius 2 is 1.54 bits per heavy atom. The number of furan rings is 1. The van der Waals surface area contributed by atoms with Gasteiger partial charge < -0.3 is 15.1 Å². The zero-order valence-electron chi connectivity index (χ0n) is 13.6. The highest BCUT2D eigenvalue weighted by Crippen LogP contribution is 2.15. The number of halogens is 1. The zero-order valence-corrected chi connectivity index (χ0v) is 15.2. The van der Waals surface area contributed by atoms with Gasteiger partial charge in [0, 0.05) is 5.69 Å². The molecule has 0 saturated carbocycles. The van der Waals surface area contributed by atoms with E-state index in [4.69, 9.17) is 4.42 Å². The Kier molecular flexibility index (Phi) is 5.66. The van der Waals surface area contributed by atoms with Crippen molar-refractivity contribution in [2.24, 2.45) is 0 Å². The molecule has 26 heavy (non-hydrogen) atoms. The molecule has 0 aliphatic heterocycles. The SMILES string of the molecule is O=C(Nc1ccccc1)/C(=C/c1ccccc1)NC(=O)c1ccc(Br)o1. The molecule has 6 heteroatoms. The topological polar surface area (TPSA) is 71.3 Å². The summed E-state index contributed by atoms with van der Waals surface area (Å²) in [6, 6.07) is 21.4. The van der Waals surface area contributed by atoms with Crippen molar-refractivity contribution < 1.29 is 14.0 Å². The predicted octanol–water partition coefficient (Wildman–Crippen LogP) is 4.45. The van der Waals surface area contributed by atoms with E-state index in [0.717, 1.165) is 5.56 Å². The lowest BCUT2D eigenvalue weighted by Crippen LogP contribution is -2.30. The highest BCUT2D eigenvalue weighted by Gasteiger charge is 2.17. The first-order chi connectivity index (χ1) is 12.6.